The van der Waals surface area contributed by atoms with Gasteiger partial charge < -0.3 is 15.6 Å². The Morgan fingerprint density at radius 3 is 2.44 bits per heavy atom. The number of H-pyrrole nitrogens is 1. The van der Waals surface area contributed by atoms with Gasteiger partial charge in [-0.25, -0.2) is 0 Å². The summed E-state index contributed by atoms with van der Waals surface area (Å²) in [6, 6.07) is 8.60. The Hall–Kier alpha value is -2.89. The van der Waals surface area contributed by atoms with E-state index in [2.05, 4.69) is 15.6 Å². The molecule has 3 N–H and O–H groups in total. The van der Waals surface area contributed by atoms with Gasteiger partial charge in [-0.05, 0) is 62.6 Å². The lowest BCUT2D eigenvalue weighted by Gasteiger charge is -2.09. The number of nitrogens with one attached hydrogen (secondary N) is 3. The fourth-order valence-corrected chi connectivity index (χ4v) is 2.67. The van der Waals surface area contributed by atoms with Gasteiger partial charge in [-0.1, -0.05) is 0 Å². The van der Waals surface area contributed by atoms with E-state index >= 15 is 0 Å². The SMILES string of the molecule is Cc1cc(C)c(CNC(=O)c2ccc(NC(=O)C3CC3)cc2)c(=O)[nH]1. The second-order valence-electron chi connectivity index (χ2n) is 6.47. The molecule has 1 saturated carbocycles. The van der Waals surface area contributed by atoms with Crippen LogP contribution in [-0.2, 0) is 11.3 Å². The number of hydrogen-bond donors (Lipinski definition) is 3. The quantitative estimate of drug-likeness (QED) is 0.780. The molecule has 25 heavy (non-hydrogen) atoms. The van der Waals surface area contributed by atoms with Crippen LogP contribution in [0.2, 0.25) is 0 Å². The summed E-state index contributed by atoms with van der Waals surface area (Å²) in [5, 5.41) is 5.59. The number of pyridine rings is 1. The summed E-state index contributed by atoms with van der Waals surface area (Å²) in [5.74, 6) is -0.0930. The van der Waals surface area contributed by atoms with E-state index in [0.717, 1.165) is 24.1 Å². The second-order valence-corrected chi connectivity index (χ2v) is 6.47. The van der Waals surface area contributed by atoms with Crippen molar-refractivity contribution >= 4 is 17.5 Å². The summed E-state index contributed by atoms with van der Waals surface area (Å²) in [6.45, 7) is 3.84. The first-order valence-electron chi connectivity index (χ1n) is 8.32. The van der Waals surface area contributed by atoms with Crippen molar-refractivity contribution in [2.75, 3.05) is 5.32 Å². The largest absolute Gasteiger partial charge is 0.348 e. The normalized spacial score (nSPS) is 13.4. The highest BCUT2D eigenvalue weighted by molar-refractivity contribution is 5.96. The van der Waals surface area contributed by atoms with E-state index in [1.54, 1.807) is 24.3 Å². The maximum absolute atomic E-state index is 12.2. The van der Waals surface area contributed by atoms with Crippen LogP contribution < -0.4 is 16.2 Å². The Balaban J connectivity index is 1.61. The maximum atomic E-state index is 12.2. The highest BCUT2D eigenvalue weighted by Crippen LogP contribution is 2.30. The third-order valence-electron chi connectivity index (χ3n) is 4.28. The minimum absolute atomic E-state index is 0.0336. The average Bonchev–Trinajstić information content (AvgIpc) is 3.39. The van der Waals surface area contributed by atoms with Gasteiger partial charge in [0.1, 0.15) is 0 Å². The molecule has 0 bridgehead atoms. The van der Waals surface area contributed by atoms with Crippen molar-refractivity contribution < 1.29 is 9.59 Å². The molecule has 1 aliphatic rings. The third-order valence-corrected chi connectivity index (χ3v) is 4.28. The number of aromatic amines is 1. The monoisotopic (exact) mass is 339 g/mol. The molecule has 1 aromatic heterocycles. The summed E-state index contributed by atoms with van der Waals surface area (Å²) < 4.78 is 0. The fraction of sp³-hybridized carbons (Fsp3) is 0.316. The van der Waals surface area contributed by atoms with Crippen LogP contribution in [0.5, 0.6) is 0 Å². The number of anilines is 1. The van der Waals surface area contributed by atoms with Crippen molar-refractivity contribution in [3.05, 3.63) is 63.1 Å². The lowest BCUT2D eigenvalue weighted by atomic mass is 10.1. The molecule has 2 amide bonds. The fourth-order valence-electron chi connectivity index (χ4n) is 2.67. The second kappa shape index (κ2) is 6.93. The van der Waals surface area contributed by atoms with E-state index in [0.29, 0.717) is 16.8 Å². The first kappa shape index (κ1) is 17.0. The minimum Gasteiger partial charge on any atom is -0.348 e. The van der Waals surface area contributed by atoms with Crippen molar-refractivity contribution in [1.29, 1.82) is 0 Å². The van der Waals surface area contributed by atoms with Gasteiger partial charge in [0.25, 0.3) is 11.5 Å². The van der Waals surface area contributed by atoms with Crippen molar-refractivity contribution in [3.63, 3.8) is 0 Å². The zero-order chi connectivity index (χ0) is 18.0. The van der Waals surface area contributed by atoms with Crippen LogP contribution in [0.25, 0.3) is 0 Å². The maximum Gasteiger partial charge on any atom is 0.253 e. The molecule has 0 spiro atoms. The van der Waals surface area contributed by atoms with Crippen molar-refractivity contribution in [2.24, 2.45) is 5.92 Å². The first-order chi connectivity index (χ1) is 11.9. The summed E-state index contributed by atoms with van der Waals surface area (Å²) in [5.41, 5.74) is 3.16. The van der Waals surface area contributed by atoms with E-state index in [1.807, 2.05) is 19.9 Å². The molecule has 0 aliphatic heterocycles. The van der Waals surface area contributed by atoms with E-state index in [-0.39, 0.29) is 29.8 Å². The molecule has 0 unspecified atom stereocenters. The molecule has 130 valence electrons. The number of carbonyl (C=O) groups excluding carboxylic acids is 2. The minimum atomic E-state index is -0.264. The Kier molecular flexibility index (Phi) is 4.70. The number of hydrogen-bond acceptors (Lipinski definition) is 3. The Labute approximate surface area is 145 Å². The molecule has 2 aromatic rings. The van der Waals surface area contributed by atoms with Crippen molar-refractivity contribution in [1.82, 2.24) is 10.3 Å². The van der Waals surface area contributed by atoms with Crippen LogP contribution in [0, 0.1) is 19.8 Å². The molecular weight excluding hydrogens is 318 g/mol. The molecular formula is C19H21N3O3. The zero-order valence-corrected chi connectivity index (χ0v) is 14.3. The van der Waals surface area contributed by atoms with E-state index < -0.39 is 0 Å². The van der Waals surface area contributed by atoms with E-state index in [1.165, 1.54) is 0 Å². The van der Waals surface area contributed by atoms with Crippen molar-refractivity contribution in [2.45, 2.75) is 33.2 Å². The number of amides is 2. The van der Waals surface area contributed by atoms with Gasteiger partial charge in [-0.15, -0.1) is 0 Å². The van der Waals surface area contributed by atoms with Gasteiger partial charge in [-0.2, -0.15) is 0 Å². The number of rotatable bonds is 5. The topological polar surface area (TPSA) is 91.1 Å². The lowest BCUT2D eigenvalue weighted by Crippen LogP contribution is -2.27. The van der Waals surface area contributed by atoms with Gasteiger partial charge in [-0.3, -0.25) is 14.4 Å². The summed E-state index contributed by atoms with van der Waals surface area (Å²) >= 11 is 0. The van der Waals surface area contributed by atoms with E-state index in [4.69, 9.17) is 0 Å². The Morgan fingerprint density at radius 2 is 1.84 bits per heavy atom. The summed E-state index contributed by atoms with van der Waals surface area (Å²) in [4.78, 5) is 38.7. The third kappa shape index (κ3) is 4.15. The smallest absolute Gasteiger partial charge is 0.253 e. The molecule has 0 saturated heterocycles. The Bertz CT molecular complexity index is 864. The summed E-state index contributed by atoms with van der Waals surface area (Å²) in [6.07, 6.45) is 1.90. The molecule has 1 heterocycles. The molecule has 1 aliphatic carbocycles. The molecule has 1 fully saturated rings. The van der Waals surface area contributed by atoms with Crippen LogP contribution in [0.15, 0.2) is 35.1 Å². The van der Waals surface area contributed by atoms with Crippen LogP contribution in [-0.4, -0.2) is 16.8 Å². The van der Waals surface area contributed by atoms with Gasteiger partial charge in [0.15, 0.2) is 0 Å². The summed E-state index contributed by atoms with van der Waals surface area (Å²) in [7, 11) is 0. The Morgan fingerprint density at radius 1 is 1.16 bits per heavy atom. The molecule has 3 rings (SSSR count). The highest BCUT2D eigenvalue weighted by atomic mass is 16.2. The van der Waals surface area contributed by atoms with Gasteiger partial charge in [0.2, 0.25) is 5.91 Å². The van der Waals surface area contributed by atoms with Crippen molar-refractivity contribution in [3.8, 4) is 0 Å². The first-order valence-corrected chi connectivity index (χ1v) is 8.32. The zero-order valence-electron chi connectivity index (χ0n) is 14.3. The molecule has 6 nitrogen and oxygen atoms in total. The lowest BCUT2D eigenvalue weighted by molar-refractivity contribution is -0.117. The van der Waals surface area contributed by atoms with Crippen LogP contribution >= 0.6 is 0 Å². The van der Waals surface area contributed by atoms with Gasteiger partial charge >= 0.3 is 0 Å². The predicted octanol–water partition coefficient (Wildman–Crippen LogP) is 2.27. The average molecular weight is 339 g/mol. The van der Waals surface area contributed by atoms with Crippen LogP contribution in [0.4, 0.5) is 5.69 Å². The highest BCUT2D eigenvalue weighted by Gasteiger charge is 2.29. The number of aromatic nitrogens is 1. The standard InChI is InChI=1S/C19H21N3O3/c1-11-9-12(2)21-19(25)16(11)10-20-17(23)13-5-7-15(8-6-13)22-18(24)14-3-4-14/h5-9,14H,3-4,10H2,1-2H3,(H,20,23)(H,21,25)(H,22,24). The molecule has 0 radical (unpaired) electrons. The number of aryl methyl sites for hydroxylation is 2. The number of benzene rings is 1. The molecule has 1 aromatic carbocycles. The van der Waals surface area contributed by atoms with Gasteiger partial charge in [0, 0.05) is 35.0 Å². The van der Waals surface area contributed by atoms with Crippen LogP contribution in [0.3, 0.4) is 0 Å². The number of carbonyl (C=O) groups is 2. The van der Waals surface area contributed by atoms with Gasteiger partial charge in [0.05, 0.1) is 0 Å². The molecule has 0 atom stereocenters. The molecule has 6 heteroatoms. The van der Waals surface area contributed by atoms with Crippen LogP contribution in [0.1, 0.15) is 40.0 Å². The predicted molar refractivity (Wildman–Crippen MR) is 95.5 cm³/mol. The van der Waals surface area contributed by atoms with E-state index in [9.17, 15) is 14.4 Å².